The van der Waals surface area contributed by atoms with Crippen LogP contribution in [0.4, 0.5) is 14.5 Å². The molecule has 1 aromatic heterocycles. The summed E-state index contributed by atoms with van der Waals surface area (Å²) in [5.74, 6) is -1.98. The third-order valence-corrected chi connectivity index (χ3v) is 6.70. The Hall–Kier alpha value is -3.22. The van der Waals surface area contributed by atoms with Gasteiger partial charge in [-0.2, -0.15) is 5.10 Å². The van der Waals surface area contributed by atoms with E-state index in [9.17, 15) is 13.6 Å². The highest BCUT2D eigenvalue weighted by Gasteiger charge is 2.29. The number of piperidine rings is 1. The zero-order valence-corrected chi connectivity index (χ0v) is 18.9. The van der Waals surface area contributed by atoms with Gasteiger partial charge in [-0.25, -0.2) is 13.5 Å². The minimum atomic E-state index is -0.923. The van der Waals surface area contributed by atoms with Crippen molar-refractivity contribution in [1.29, 1.82) is 0 Å². The molecule has 1 amide bonds. The normalized spacial score (nSPS) is 15.5. The number of hydrogen-bond donors (Lipinski definition) is 0. The van der Waals surface area contributed by atoms with E-state index in [1.165, 1.54) is 31.0 Å². The van der Waals surface area contributed by atoms with Crippen LogP contribution in [0.25, 0.3) is 5.69 Å². The molecule has 0 bridgehead atoms. The Morgan fingerprint density at radius 1 is 0.939 bits per heavy atom. The van der Waals surface area contributed by atoms with Gasteiger partial charge >= 0.3 is 0 Å². The third-order valence-electron chi connectivity index (χ3n) is 6.70. The molecular formula is C26H28F2N4O. The SMILES string of the molecule is CN(Cc1ccc(N2CCCCC2)cc1)C(=O)c1nn(-c2ccc(F)c(F)c2)c2c1CCC2. The molecule has 2 aromatic carbocycles. The fourth-order valence-electron chi connectivity index (χ4n) is 4.93. The minimum absolute atomic E-state index is 0.158. The predicted octanol–water partition coefficient (Wildman–Crippen LogP) is 4.90. The highest BCUT2D eigenvalue weighted by molar-refractivity contribution is 5.94. The molecule has 2 heterocycles. The number of aromatic nitrogens is 2. The minimum Gasteiger partial charge on any atom is -0.372 e. The molecule has 3 aromatic rings. The molecule has 1 saturated heterocycles. The lowest BCUT2D eigenvalue weighted by Crippen LogP contribution is -2.29. The van der Waals surface area contributed by atoms with E-state index in [0.29, 0.717) is 17.9 Å². The Balaban J connectivity index is 1.34. The molecule has 5 rings (SSSR count). The lowest BCUT2D eigenvalue weighted by atomic mass is 10.1. The van der Waals surface area contributed by atoms with E-state index in [2.05, 4.69) is 34.3 Å². The number of nitrogens with zero attached hydrogens (tertiary/aromatic N) is 4. The van der Waals surface area contributed by atoms with Crippen LogP contribution in [0.2, 0.25) is 0 Å². The monoisotopic (exact) mass is 450 g/mol. The molecule has 172 valence electrons. The number of carbonyl (C=O) groups is 1. The summed E-state index contributed by atoms with van der Waals surface area (Å²) in [5, 5.41) is 4.54. The molecule has 0 radical (unpaired) electrons. The Morgan fingerprint density at radius 3 is 2.39 bits per heavy atom. The van der Waals surface area contributed by atoms with Crippen LogP contribution in [-0.2, 0) is 19.4 Å². The predicted molar refractivity (Wildman–Crippen MR) is 124 cm³/mol. The number of amides is 1. The number of fused-ring (bicyclic) bond motifs is 1. The number of halogens is 2. The van der Waals surface area contributed by atoms with E-state index in [1.54, 1.807) is 16.6 Å². The zero-order valence-electron chi connectivity index (χ0n) is 18.9. The van der Waals surface area contributed by atoms with Crippen LogP contribution in [0.1, 0.15) is 53.0 Å². The van der Waals surface area contributed by atoms with Crippen molar-refractivity contribution in [3.63, 3.8) is 0 Å². The molecule has 7 heteroatoms. The van der Waals surface area contributed by atoms with Crippen molar-refractivity contribution in [1.82, 2.24) is 14.7 Å². The second kappa shape index (κ2) is 8.96. The summed E-state index contributed by atoms with van der Waals surface area (Å²) in [7, 11) is 1.78. The molecular weight excluding hydrogens is 422 g/mol. The van der Waals surface area contributed by atoms with Crippen molar-refractivity contribution in [3.8, 4) is 5.69 Å². The van der Waals surface area contributed by atoms with Crippen LogP contribution >= 0.6 is 0 Å². The van der Waals surface area contributed by atoms with Gasteiger partial charge in [0.1, 0.15) is 0 Å². The topological polar surface area (TPSA) is 41.4 Å². The summed E-state index contributed by atoms with van der Waals surface area (Å²) in [4.78, 5) is 17.4. The first-order chi connectivity index (χ1) is 16.0. The fourth-order valence-corrected chi connectivity index (χ4v) is 4.93. The Kier molecular flexibility index (Phi) is 5.87. The van der Waals surface area contributed by atoms with Crippen molar-refractivity contribution < 1.29 is 13.6 Å². The average molecular weight is 451 g/mol. The number of benzene rings is 2. The van der Waals surface area contributed by atoms with Crippen molar-refractivity contribution in [2.24, 2.45) is 0 Å². The van der Waals surface area contributed by atoms with Crippen LogP contribution in [0.5, 0.6) is 0 Å². The standard InChI is InChI=1S/C26H28F2N4O/c1-30(17-18-8-10-19(11-9-18)31-14-3-2-4-15-31)26(33)25-21-6-5-7-24(21)32(29-25)20-12-13-22(27)23(28)16-20/h8-13,16H,2-7,14-15,17H2,1H3. The lowest BCUT2D eigenvalue weighted by molar-refractivity contribution is 0.0777. The van der Waals surface area contributed by atoms with Crippen LogP contribution in [0, 0.1) is 11.6 Å². The Morgan fingerprint density at radius 2 is 1.67 bits per heavy atom. The van der Waals surface area contributed by atoms with E-state index in [0.717, 1.165) is 61.3 Å². The fraction of sp³-hybridized carbons (Fsp3) is 0.385. The largest absolute Gasteiger partial charge is 0.372 e. The zero-order chi connectivity index (χ0) is 22.9. The summed E-state index contributed by atoms with van der Waals surface area (Å²) < 4.78 is 28.8. The van der Waals surface area contributed by atoms with Gasteiger partial charge in [0.05, 0.1) is 5.69 Å². The van der Waals surface area contributed by atoms with Gasteiger partial charge in [-0.1, -0.05) is 12.1 Å². The first kappa shape index (κ1) is 21.6. The molecule has 1 aliphatic carbocycles. The summed E-state index contributed by atoms with van der Waals surface area (Å²) in [5.41, 5.74) is 4.95. The van der Waals surface area contributed by atoms with Gasteiger partial charge in [-0.05, 0) is 68.4 Å². The first-order valence-corrected chi connectivity index (χ1v) is 11.7. The van der Waals surface area contributed by atoms with E-state index in [1.807, 2.05) is 0 Å². The van der Waals surface area contributed by atoms with Gasteiger partial charge in [0, 0.05) is 49.7 Å². The van der Waals surface area contributed by atoms with Crippen molar-refractivity contribution in [2.75, 3.05) is 25.0 Å². The van der Waals surface area contributed by atoms with Gasteiger partial charge in [-0.3, -0.25) is 4.79 Å². The third kappa shape index (κ3) is 4.24. The lowest BCUT2D eigenvalue weighted by Gasteiger charge is -2.29. The molecule has 5 nitrogen and oxygen atoms in total. The maximum Gasteiger partial charge on any atom is 0.274 e. The van der Waals surface area contributed by atoms with Crippen molar-refractivity contribution >= 4 is 11.6 Å². The highest BCUT2D eigenvalue weighted by Crippen LogP contribution is 2.29. The second-order valence-corrected chi connectivity index (χ2v) is 9.01. The van der Waals surface area contributed by atoms with Gasteiger partial charge in [0.15, 0.2) is 17.3 Å². The maximum atomic E-state index is 13.8. The second-order valence-electron chi connectivity index (χ2n) is 9.01. The molecule has 33 heavy (non-hydrogen) atoms. The summed E-state index contributed by atoms with van der Waals surface area (Å²) in [6, 6.07) is 12.1. The van der Waals surface area contributed by atoms with Gasteiger partial charge in [0.2, 0.25) is 0 Å². The number of carbonyl (C=O) groups excluding carboxylic acids is 1. The van der Waals surface area contributed by atoms with Crippen molar-refractivity contribution in [3.05, 3.63) is 76.6 Å². The highest BCUT2D eigenvalue weighted by atomic mass is 19.2. The van der Waals surface area contributed by atoms with Gasteiger partial charge in [0.25, 0.3) is 5.91 Å². The van der Waals surface area contributed by atoms with E-state index in [4.69, 9.17) is 0 Å². The van der Waals surface area contributed by atoms with Crippen LogP contribution in [-0.4, -0.2) is 40.7 Å². The molecule has 0 unspecified atom stereocenters. The first-order valence-electron chi connectivity index (χ1n) is 11.7. The number of hydrogen-bond acceptors (Lipinski definition) is 3. The molecule has 0 saturated carbocycles. The summed E-state index contributed by atoms with van der Waals surface area (Å²) >= 11 is 0. The smallest absolute Gasteiger partial charge is 0.274 e. The molecule has 0 atom stereocenters. The molecule has 1 aliphatic heterocycles. The molecule has 0 spiro atoms. The molecule has 1 fully saturated rings. The summed E-state index contributed by atoms with van der Waals surface area (Å²) in [6.45, 7) is 2.68. The molecule has 2 aliphatic rings. The quantitative estimate of drug-likeness (QED) is 0.555. The van der Waals surface area contributed by atoms with E-state index in [-0.39, 0.29) is 5.91 Å². The van der Waals surface area contributed by atoms with E-state index >= 15 is 0 Å². The van der Waals surface area contributed by atoms with E-state index < -0.39 is 11.6 Å². The van der Waals surface area contributed by atoms with Gasteiger partial charge in [-0.15, -0.1) is 0 Å². The Labute approximate surface area is 192 Å². The number of anilines is 1. The van der Waals surface area contributed by atoms with Gasteiger partial charge < -0.3 is 9.80 Å². The van der Waals surface area contributed by atoms with Crippen molar-refractivity contribution in [2.45, 2.75) is 45.1 Å². The molecule has 0 N–H and O–H groups in total. The van der Waals surface area contributed by atoms with Crippen LogP contribution < -0.4 is 4.90 Å². The Bertz CT molecular complexity index is 1170. The van der Waals surface area contributed by atoms with Crippen LogP contribution in [0.3, 0.4) is 0 Å². The maximum absolute atomic E-state index is 13.8. The van der Waals surface area contributed by atoms with Crippen LogP contribution in [0.15, 0.2) is 42.5 Å². The average Bonchev–Trinajstić information content (AvgIpc) is 3.45. The number of rotatable bonds is 5. The summed E-state index contributed by atoms with van der Waals surface area (Å²) in [6.07, 6.45) is 6.21.